The smallest absolute Gasteiger partial charge is 0.0590 e. The van der Waals surface area contributed by atoms with Crippen molar-refractivity contribution in [1.82, 2.24) is 5.32 Å². The average Bonchev–Trinajstić information content (AvgIpc) is 2.75. The first kappa shape index (κ1) is 13.3. The summed E-state index contributed by atoms with van der Waals surface area (Å²) in [6.07, 6.45) is 7.67. The molecule has 0 aromatic carbocycles. The molecule has 2 fully saturated rings. The normalized spacial score (nSPS) is 42.9. The van der Waals surface area contributed by atoms with Gasteiger partial charge in [0.2, 0.25) is 0 Å². The summed E-state index contributed by atoms with van der Waals surface area (Å²) in [5.74, 6) is 0.879. The Morgan fingerprint density at radius 3 is 2.82 bits per heavy atom. The Labute approximate surface area is 105 Å². The van der Waals surface area contributed by atoms with E-state index < -0.39 is 0 Å². The molecule has 1 saturated carbocycles. The maximum Gasteiger partial charge on any atom is 0.0590 e. The standard InChI is InChI=1S/C14H28N2O/c1-3-13-9-14(10-15,6-7-17-13)16-12-5-4-11(2)8-12/h11-13,16H,3-10,15H2,1-2H3. The van der Waals surface area contributed by atoms with Gasteiger partial charge < -0.3 is 15.8 Å². The van der Waals surface area contributed by atoms with Crippen molar-refractivity contribution in [3.05, 3.63) is 0 Å². The van der Waals surface area contributed by atoms with E-state index in [1.54, 1.807) is 0 Å². The van der Waals surface area contributed by atoms with Gasteiger partial charge in [-0.1, -0.05) is 13.8 Å². The first-order valence-corrected chi connectivity index (χ1v) is 7.27. The van der Waals surface area contributed by atoms with Crippen molar-refractivity contribution in [1.29, 1.82) is 0 Å². The summed E-state index contributed by atoms with van der Waals surface area (Å²) >= 11 is 0. The lowest BCUT2D eigenvalue weighted by Gasteiger charge is -2.42. The van der Waals surface area contributed by atoms with Gasteiger partial charge in [-0.25, -0.2) is 0 Å². The summed E-state index contributed by atoms with van der Waals surface area (Å²) in [6, 6.07) is 0.684. The second kappa shape index (κ2) is 5.68. The van der Waals surface area contributed by atoms with Crippen LogP contribution in [0.25, 0.3) is 0 Å². The van der Waals surface area contributed by atoms with Gasteiger partial charge in [-0.05, 0) is 44.4 Å². The molecule has 3 nitrogen and oxygen atoms in total. The largest absolute Gasteiger partial charge is 0.378 e. The van der Waals surface area contributed by atoms with E-state index in [0.29, 0.717) is 12.1 Å². The van der Waals surface area contributed by atoms with Gasteiger partial charge in [0.25, 0.3) is 0 Å². The molecule has 0 amide bonds. The zero-order valence-corrected chi connectivity index (χ0v) is 11.4. The molecule has 0 bridgehead atoms. The Hall–Kier alpha value is -0.120. The molecule has 0 aromatic rings. The van der Waals surface area contributed by atoms with Gasteiger partial charge >= 0.3 is 0 Å². The summed E-state index contributed by atoms with van der Waals surface area (Å²) in [5.41, 5.74) is 6.20. The molecule has 1 aliphatic carbocycles. The van der Waals surface area contributed by atoms with E-state index in [1.807, 2.05) is 0 Å². The fourth-order valence-electron chi connectivity index (χ4n) is 3.43. The molecule has 2 rings (SSSR count). The molecule has 0 spiro atoms. The number of nitrogens with one attached hydrogen (secondary N) is 1. The van der Waals surface area contributed by atoms with Gasteiger partial charge in [-0.3, -0.25) is 0 Å². The molecule has 1 saturated heterocycles. The SMILES string of the molecule is CCC1CC(CN)(NC2CCC(C)C2)CCO1. The van der Waals surface area contributed by atoms with Crippen molar-refractivity contribution >= 4 is 0 Å². The van der Waals surface area contributed by atoms with Crippen molar-refractivity contribution in [2.45, 2.75) is 70.1 Å². The molecule has 3 N–H and O–H groups in total. The number of nitrogens with two attached hydrogens (primary N) is 1. The molecule has 100 valence electrons. The predicted octanol–water partition coefficient (Wildman–Crippen LogP) is 2.05. The molecule has 1 heterocycles. The van der Waals surface area contributed by atoms with Gasteiger partial charge in [0, 0.05) is 24.7 Å². The highest BCUT2D eigenvalue weighted by molar-refractivity contribution is 4.97. The Balaban J connectivity index is 1.93. The Kier molecular flexibility index (Phi) is 4.45. The molecule has 0 radical (unpaired) electrons. The van der Waals surface area contributed by atoms with Gasteiger partial charge in [-0.15, -0.1) is 0 Å². The summed E-state index contributed by atoms with van der Waals surface area (Å²) < 4.78 is 5.77. The van der Waals surface area contributed by atoms with Crippen LogP contribution in [0, 0.1) is 5.92 Å². The third-order valence-electron chi connectivity index (χ3n) is 4.60. The highest BCUT2D eigenvalue weighted by Gasteiger charge is 2.38. The molecule has 4 unspecified atom stereocenters. The molecular formula is C14H28N2O. The molecule has 4 atom stereocenters. The van der Waals surface area contributed by atoms with Crippen LogP contribution in [-0.4, -0.2) is 30.8 Å². The molecule has 17 heavy (non-hydrogen) atoms. The highest BCUT2D eigenvalue weighted by atomic mass is 16.5. The van der Waals surface area contributed by atoms with Crippen LogP contribution in [0.1, 0.15) is 52.4 Å². The van der Waals surface area contributed by atoms with Crippen LogP contribution in [0.5, 0.6) is 0 Å². The van der Waals surface area contributed by atoms with Gasteiger partial charge in [-0.2, -0.15) is 0 Å². The number of ether oxygens (including phenoxy) is 1. The topological polar surface area (TPSA) is 47.3 Å². The highest BCUT2D eigenvalue weighted by Crippen LogP contribution is 2.31. The quantitative estimate of drug-likeness (QED) is 0.790. The maximum absolute atomic E-state index is 6.05. The zero-order chi connectivity index (χ0) is 12.3. The van der Waals surface area contributed by atoms with Crippen LogP contribution in [0.4, 0.5) is 0 Å². The third kappa shape index (κ3) is 3.21. The van der Waals surface area contributed by atoms with E-state index in [4.69, 9.17) is 10.5 Å². The lowest BCUT2D eigenvalue weighted by molar-refractivity contribution is -0.0308. The Bertz CT molecular complexity index is 246. The number of hydrogen-bond donors (Lipinski definition) is 2. The minimum atomic E-state index is 0.146. The van der Waals surface area contributed by atoms with E-state index in [2.05, 4.69) is 19.2 Å². The Morgan fingerprint density at radius 2 is 2.24 bits per heavy atom. The van der Waals surface area contributed by atoms with Crippen molar-refractivity contribution in [2.75, 3.05) is 13.2 Å². The van der Waals surface area contributed by atoms with E-state index >= 15 is 0 Å². The monoisotopic (exact) mass is 240 g/mol. The van der Waals surface area contributed by atoms with Crippen LogP contribution in [-0.2, 0) is 4.74 Å². The van der Waals surface area contributed by atoms with Crippen LogP contribution in [0.15, 0.2) is 0 Å². The van der Waals surface area contributed by atoms with E-state index in [-0.39, 0.29) is 5.54 Å². The zero-order valence-electron chi connectivity index (χ0n) is 11.4. The van der Waals surface area contributed by atoms with Crippen molar-refractivity contribution in [2.24, 2.45) is 11.7 Å². The summed E-state index contributed by atoms with van der Waals surface area (Å²) in [7, 11) is 0. The van der Waals surface area contributed by atoms with E-state index in [1.165, 1.54) is 19.3 Å². The summed E-state index contributed by atoms with van der Waals surface area (Å²) in [5, 5.41) is 3.87. The van der Waals surface area contributed by atoms with Crippen molar-refractivity contribution in [3.63, 3.8) is 0 Å². The number of hydrogen-bond acceptors (Lipinski definition) is 3. The maximum atomic E-state index is 6.05. The van der Waals surface area contributed by atoms with Gasteiger partial charge in [0.1, 0.15) is 0 Å². The van der Waals surface area contributed by atoms with Crippen LogP contribution >= 0.6 is 0 Å². The van der Waals surface area contributed by atoms with Crippen LogP contribution in [0.3, 0.4) is 0 Å². The Morgan fingerprint density at radius 1 is 1.41 bits per heavy atom. The minimum Gasteiger partial charge on any atom is -0.378 e. The fraction of sp³-hybridized carbons (Fsp3) is 1.00. The van der Waals surface area contributed by atoms with Gasteiger partial charge in [0.05, 0.1) is 6.10 Å². The second-order valence-electron chi connectivity index (χ2n) is 6.10. The van der Waals surface area contributed by atoms with Crippen LogP contribution < -0.4 is 11.1 Å². The van der Waals surface area contributed by atoms with E-state index in [0.717, 1.165) is 38.3 Å². The van der Waals surface area contributed by atoms with E-state index in [9.17, 15) is 0 Å². The van der Waals surface area contributed by atoms with Crippen LogP contribution in [0.2, 0.25) is 0 Å². The summed E-state index contributed by atoms with van der Waals surface area (Å²) in [6.45, 7) is 6.17. The van der Waals surface area contributed by atoms with Crippen molar-refractivity contribution in [3.8, 4) is 0 Å². The molecule has 1 aliphatic heterocycles. The van der Waals surface area contributed by atoms with Crippen molar-refractivity contribution < 1.29 is 4.74 Å². The molecule has 2 aliphatic rings. The lowest BCUT2D eigenvalue weighted by Crippen LogP contribution is -2.59. The lowest BCUT2D eigenvalue weighted by atomic mass is 9.85. The minimum absolute atomic E-state index is 0.146. The predicted molar refractivity (Wildman–Crippen MR) is 71.0 cm³/mol. The first-order chi connectivity index (χ1) is 8.17. The average molecular weight is 240 g/mol. The number of rotatable bonds is 4. The fourth-order valence-corrected chi connectivity index (χ4v) is 3.43. The van der Waals surface area contributed by atoms with Gasteiger partial charge in [0.15, 0.2) is 0 Å². The third-order valence-corrected chi connectivity index (χ3v) is 4.60. The molecule has 3 heteroatoms. The molecular weight excluding hydrogens is 212 g/mol. The first-order valence-electron chi connectivity index (χ1n) is 7.27. The second-order valence-corrected chi connectivity index (χ2v) is 6.10. The molecule has 0 aromatic heterocycles. The summed E-state index contributed by atoms with van der Waals surface area (Å²) in [4.78, 5) is 0.